The van der Waals surface area contributed by atoms with Crippen LogP contribution in [0.2, 0.25) is 0 Å². The molecule has 1 unspecified atom stereocenters. The van der Waals surface area contributed by atoms with E-state index >= 15 is 0 Å². The number of allylic oxidation sites excluding steroid dienone is 2. The summed E-state index contributed by atoms with van der Waals surface area (Å²) in [4.78, 5) is 24.6. The van der Waals surface area contributed by atoms with Crippen molar-refractivity contribution in [2.24, 2.45) is 11.3 Å². The number of nitriles is 1. The monoisotopic (exact) mass is 299 g/mol. The zero-order valence-electron chi connectivity index (χ0n) is 12.5. The molecule has 0 heterocycles. The van der Waals surface area contributed by atoms with Crippen LogP contribution < -0.4 is 0 Å². The van der Waals surface area contributed by atoms with Crippen molar-refractivity contribution in [3.63, 3.8) is 0 Å². The molecule has 0 saturated carbocycles. The van der Waals surface area contributed by atoms with Crippen LogP contribution in [0.1, 0.15) is 17.9 Å². The minimum Gasteiger partial charge on any atom is -0.469 e. The van der Waals surface area contributed by atoms with E-state index in [1.807, 2.05) is 30.3 Å². The Morgan fingerprint density at radius 2 is 1.91 bits per heavy atom. The Bertz CT molecular complexity index is 632. The quantitative estimate of drug-likeness (QED) is 0.631. The maximum atomic E-state index is 12.4. The highest BCUT2D eigenvalue weighted by Gasteiger charge is 2.57. The lowest BCUT2D eigenvalue weighted by Crippen LogP contribution is -2.48. The second kappa shape index (κ2) is 6.44. The lowest BCUT2D eigenvalue weighted by molar-refractivity contribution is -0.163. The van der Waals surface area contributed by atoms with E-state index in [0.29, 0.717) is 0 Å². The Morgan fingerprint density at radius 1 is 1.23 bits per heavy atom. The Hall–Kier alpha value is -2.61. The molecule has 0 spiro atoms. The van der Waals surface area contributed by atoms with Gasteiger partial charge >= 0.3 is 11.9 Å². The van der Waals surface area contributed by atoms with Crippen LogP contribution >= 0.6 is 0 Å². The first-order valence-corrected chi connectivity index (χ1v) is 6.91. The lowest BCUT2D eigenvalue weighted by Gasteiger charge is -2.38. The fraction of sp³-hybridized carbons (Fsp3) is 0.353. The van der Waals surface area contributed by atoms with Crippen LogP contribution in [-0.4, -0.2) is 26.2 Å². The first-order chi connectivity index (χ1) is 10.6. The molecule has 1 aliphatic carbocycles. The molecule has 0 bridgehead atoms. The highest BCUT2D eigenvalue weighted by molar-refractivity contribution is 5.90. The van der Waals surface area contributed by atoms with Gasteiger partial charge in [0.2, 0.25) is 0 Å². The largest absolute Gasteiger partial charge is 0.469 e. The van der Waals surface area contributed by atoms with E-state index in [2.05, 4.69) is 6.07 Å². The number of nitrogens with zero attached hydrogens (tertiary/aromatic N) is 1. The minimum absolute atomic E-state index is 0.263. The van der Waals surface area contributed by atoms with Crippen molar-refractivity contribution < 1.29 is 19.1 Å². The van der Waals surface area contributed by atoms with Gasteiger partial charge in [0.15, 0.2) is 5.41 Å². The average molecular weight is 299 g/mol. The third-order valence-electron chi connectivity index (χ3n) is 4.09. The van der Waals surface area contributed by atoms with Crippen molar-refractivity contribution in [1.82, 2.24) is 0 Å². The van der Waals surface area contributed by atoms with Crippen LogP contribution in [-0.2, 0) is 19.1 Å². The molecule has 0 saturated heterocycles. The number of methoxy groups -OCH3 is 2. The third-order valence-corrected chi connectivity index (χ3v) is 4.09. The summed E-state index contributed by atoms with van der Waals surface area (Å²) in [6.07, 6.45) is 3.85. The summed E-state index contributed by atoms with van der Waals surface area (Å²) >= 11 is 0. The number of carbonyl (C=O) groups is 2. The van der Waals surface area contributed by atoms with Gasteiger partial charge in [-0.15, -0.1) is 0 Å². The molecule has 1 aromatic carbocycles. The number of hydrogen-bond acceptors (Lipinski definition) is 5. The van der Waals surface area contributed by atoms with Crippen molar-refractivity contribution in [3.05, 3.63) is 48.0 Å². The summed E-state index contributed by atoms with van der Waals surface area (Å²) in [6.45, 7) is 0. The molecule has 0 radical (unpaired) electrons. The van der Waals surface area contributed by atoms with Gasteiger partial charge in [0.25, 0.3) is 0 Å². The number of hydrogen-bond donors (Lipinski definition) is 0. The van der Waals surface area contributed by atoms with E-state index in [4.69, 9.17) is 9.47 Å². The highest BCUT2D eigenvalue weighted by Crippen LogP contribution is 2.48. The van der Waals surface area contributed by atoms with E-state index in [1.54, 1.807) is 12.2 Å². The van der Waals surface area contributed by atoms with Gasteiger partial charge < -0.3 is 9.47 Å². The van der Waals surface area contributed by atoms with E-state index < -0.39 is 29.2 Å². The molecule has 22 heavy (non-hydrogen) atoms. The van der Waals surface area contributed by atoms with Gasteiger partial charge in [0.05, 0.1) is 26.2 Å². The lowest BCUT2D eigenvalue weighted by atomic mass is 9.61. The van der Waals surface area contributed by atoms with E-state index in [-0.39, 0.29) is 6.42 Å². The summed E-state index contributed by atoms with van der Waals surface area (Å²) < 4.78 is 9.65. The summed E-state index contributed by atoms with van der Waals surface area (Å²) in [5.74, 6) is -2.77. The van der Waals surface area contributed by atoms with Crippen LogP contribution in [0.3, 0.4) is 0 Å². The first kappa shape index (κ1) is 15.8. The standard InChI is InChI=1S/C17H17NO4/c1-21-15(19)14-10-6-9-13(12-7-4-3-5-8-12)17(14,11-18)16(20)22-2/h3-9,13-14H,10H2,1-2H3/t13-,14+,17?/m0/s1. The van der Waals surface area contributed by atoms with E-state index in [1.165, 1.54) is 14.2 Å². The molecule has 5 heteroatoms. The summed E-state index contributed by atoms with van der Waals surface area (Å²) in [6, 6.07) is 11.2. The number of carbonyl (C=O) groups excluding carboxylic acids is 2. The van der Waals surface area contributed by atoms with Crippen LogP contribution in [0.4, 0.5) is 0 Å². The fourth-order valence-electron chi connectivity index (χ4n) is 3.00. The molecule has 0 N–H and O–H groups in total. The Morgan fingerprint density at radius 3 is 2.45 bits per heavy atom. The van der Waals surface area contributed by atoms with E-state index in [9.17, 15) is 14.9 Å². The first-order valence-electron chi connectivity index (χ1n) is 6.91. The molecule has 114 valence electrons. The average Bonchev–Trinajstić information content (AvgIpc) is 2.60. The zero-order chi connectivity index (χ0) is 16.2. The number of benzene rings is 1. The SMILES string of the molecule is COC(=O)[C@H]1CC=C[C@@H](c2ccccc2)C1(C#N)C(=O)OC. The van der Waals surface area contributed by atoms with Crippen molar-refractivity contribution in [1.29, 1.82) is 5.26 Å². The second-order valence-corrected chi connectivity index (χ2v) is 5.10. The van der Waals surface area contributed by atoms with Gasteiger partial charge in [-0.25, -0.2) is 0 Å². The predicted octanol–water partition coefficient (Wildman–Crippen LogP) is 2.20. The maximum Gasteiger partial charge on any atom is 0.328 e. The van der Waals surface area contributed by atoms with Crippen LogP contribution in [0, 0.1) is 22.7 Å². The van der Waals surface area contributed by atoms with Gasteiger partial charge in [-0.1, -0.05) is 42.5 Å². The zero-order valence-corrected chi connectivity index (χ0v) is 12.5. The fourth-order valence-corrected chi connectivity index (χ4v) is 3.00. The number of rotatable bonds is 3. The minimum atomic E-state index is -1.63. The summed E-state index contributed by atoms with van der Waals surface area (Å²) in [7, 11) is 2.47. The smallest absolute Gasteiger partial charge is 0.328 e. The predicted molar refractivity (Wildman–Crippen MR) is 78.5 cm³/mol. The summed E-state index contributed by atoms with van der Waals surface area (Å²) in [5, 5.41) is 9.80. The molecular weight excluding hydrogens is 282 g/mol. The van der Waals surface area contributed by atoms with Crippen molar-refractivity contribution in [3.8, 4) is 6.07 Å². The second-order valence-electron chi connectivity index (χ2n) is 5.10. The third kappa shape index (κ3) is 2.37. The molecule has 0 amide bonds. The number of esters is 2. The van der Waals surface area contributed by atoms with Crippen LogP contribution in [0.15, 0.2) is 42.5 Å². The molecule has 0 aliphatic heterocycles. The molecule has 2 rings (SSSR count). The maximum absolute atomic E-state index is 12.4. The van der Waals surface area contributed by atoms with Gasteiger partial charge in [-0.2, -0.15) is 5.26 Å². The molecule has 0 aromatic heterocycles. The Labute approximate surface area is 129 Å². The van der Waals surface area contributed by atoms with Crippen molar-refractivity contribution in [2.45, 2.75) is 12.3 Å². The van der Waals surface area contributed by atoms with Gasteiger partial charge in [-0.3, -0.25) is 9.59 Å². The van der Waals surface area contributed by atoms with Crippen LogP contribution in [0.5, 0.6) is 0 Å². The molecule has 3 atom stereocenters. The normalized spacial score (nSPS) is 26.8. The van der Waals surface area contributed by atoms with Gasteiger partial charge in [-0.05, 0) is 12.0 Å². The topological polar surface area (TPSA) is 76.4 Å². The summed E-state index contributed by atoms with van der Waals surface area (Å²) in [5.41, 5.74) is -0.850. The van der Waals surface area contributed by atoms with Gasteiger partial charge in [0.1, 0.15) is 0 Å². The molecule has 5 nitrogen and oxygen atoms in total. The van der Waals surface area contributed by atoms with Crippen molar-refractivity contribution >= 4 is 11.9 Å². The molecule has 1 aliphatic rings. The van der Waals surface area contributed by atoms with E-state index in [0.717, 1.165) is 5.56 Å². The molecule has 1 aromatic rings. The van der Waals surface area contributed by atoms with Gasteiger partial charge in [0, 0.05) is 5.92 Å². The Balaban J connectivity index is 2.63. The highest BCUT2D eigenvalue weighted by atomic mass is 16.5. The Kier molecular flexibility index (Phi) is 4.62. The molecule has 0 fully saturated rings. The molecular formula is C17H17NO4. The number of ether oxygens (including phenoxy) is 2. The van der Waals surface area contributed by atoms with Crippen LogP contribution in [0.25, 0.3) is 0 Å². The van der Waals surface area contributed by atoms with Crippen molar-refractivity contribution in [2.75, 3.05) is 14.2 Å².